The Kier molecular flexibility index (Phi) is 10.8. The summed E-state index contributed by atoms with van der Waals surface area (Å²) in [4.78, 5) is 43.4. The van der Waals surface area contributed by atoms with E-state index in [4.69, 9.17) is 19.8 Å². The molecular formula is C24H26F6N4O5. The van der Waals surface area contributed by atoms with Crippen molar-refractivity contribution in [2.75, 3.05) is 13.1 Å². The van der Waals surface area contributed by atoms with Crippen LogP contribution in [0.1, 0.15) is 36.9 Å². The van der Waals surface area contributed by atoms with Gasteiger partial charge in [0.2, 0.25) is 5.91 Å². The van der Waals surface area contributed by atoms with Crippen LogP contribution in [0, 0.1) is 0 Å². The van der Waals surface area contributed by atoms with Crippen LogP contribution in [0.2, 0.25) is 0 Å². The Morgan fingerprint density at radius 1 is 0.846 bits per heavy atom. The number of nitrogens with zero attached hydrogens (tertiary/aromatic N) is 4. The number of alkyl halides is 6. The molecule has 4 heterocycles. The van der Waals surface area contributed by atoms with Gasteiger partial charge in [0.1, 0.15) is 0 Å². The highest BCUT2D eigenvalue weighted by Gasteiger charge is 2.46. The molecule has 9 nitrogen and oxygen atoms in total. The van der Waals surface area contributed by atoms with Crippen LogP contribution in [-0.4, -0.2) is 78.8 Å². The SMILES string of the molecule is O=C(O)C(F)(F)F.O=C(O)C(F)(F)F.O=C1CCC2(CCN(Cc3ccccn3)CC2)N1Cc1ccncc1. The minimum atomic E-state index is -5.08. The lowest BCUT2D eigenvalue weighted by Gasteiger charge is -2.45. The van der Waals surface area contributed by atoms with Gasteiger partial charge in [-0.2, -0.15) is 26.3 Å². The van der Waals surface area contributed by atoms with Gasteiger partial charge < -0.3 is 15.1 Å². The van der Waals surface area contributed by atoms with Gasteiger partial charge in [-0.1, -0.05) is 6.07 Å². The number of piperidine rings is 1. The molecule has 0 saturated carbocycles. The van der Waals surface area contributed by atoms with E-state index in [2.05, 4.69) is 25.8 Å². The second-order valence-electron chi connectivity index (χ2n) is 8.76. The number of carbonyl (C=O) groups excluding carboxylic acids is 1. The molecule has 39 heavy (non-hydrogen) atoms. The number of carboxylic acids is 2. The molecule has 2 aromatic rings. The van der Waals surface area contributed by atoms with Gasteiger partial charge >= 0.3 is 24.3 Å². The summed E-state index contributed by atoms with van der Waals surface area (Å²) in [6, 6.07) is 10.1. The van der Waals surface area contributed by atoms with E-state index in [1.807, 2.05) is 30.5 Å². The summed E-state index contributed by atoms with van der Waals surface area (Å²) >= 11 is 0. The number of halogens is 6. The van der Waals surface area contributed by atoms with Gasteiger partial charge in [-0.3, -0.25) is 19.7 Å². The molecule has 2 aromatic heterocycles. The molecule has 2 aliphatic heterocycles. The molecular weight excluding hydrogens is 538 g/mol. The number of aliphatic carboxylic acids is 2. The molecule has 15 heteroatoms. The first-order chi connectivity index (χ1) is 18.1. The minimum Gasteiger partial charge on any atom is -0.475 e. The number of amides is 1. The van der Waals surface area contributed by atoms with E-state index in [0.29, 0.717) is 18.9 Å². The fraction of sp³-hybridized carbons (Fsp3) is 0.458. The Labute approximate surface area is 219 Å². The van der Waals surface area contributed by atoms with E-state index in [9.17, 15) is 31.1 Å². The van der Waals surface area contributed by atoms with Crippen molar-refractivity contribution in [3.8, 4) is 0 Å². The molecule has 1 amide bonds. The number of rotatable bonds is 4. The van der Waals surface area contributed by atoms with Gasteiger partial charge in [-0.25, -0.2) is 9.59 Å². The number of pyridine rings is 2. The van der Waals surface area contributed by atoms with Crippen molar-refractivity contribution in [2.45, 2.75) is 56.7 Å². The van der Waals surface area contributed by atoms with Crippen molar-refractivity contribution in [2.24, 2.45) is 0 Å². The summed E-state index contributed by atoms with van der Waals surface area (Å²) in [5.41, 5.74) is 2.33. The zero-order valence-corrected chi connectivity index (χ0v) is 20.5. The van der Waals surface area contributed by atoms with Crippen LogP contribution in [0.5, 0.6) is 0 Å². The van der Waals surface area contributed by atoms with Crippen LogP contribution in [0.4, 0.5) is 26.3 Å². The summed E-state index contributed by atoms with van der Waals surface area (Å²) < 4.78 is 63.5. The Hall–Kier alpha value is -3.75. The van der Waals surface area contributed by atoms with Crippen molar-refractivity contribution in [1.29, 1.82) is 0 Å². The molecule has 0 aliphatic carbocycles. The fourth-order valence-corrected chi connectivity index (χ4v) is 4.17. The highest BCUT2D eigenvalue weighted by atomic mass is 19.4. The topological polar surface area (TPSA) is 124 Å². The first-order valence-electron chi connectivity index (χ1n) is 11.6. The summed E-state index contributed by atoms with van der Waals surface area (Å²) in [5.74, 6) is -5.21. The van der Waals surface area contributed by atoms with Crippen molar-refractivity contribution >= 4 is 17.8 Å². The molecule has 0 aromatic carbocycles. The second kappa shape index (κ2) is 13.4. The molecule has 214 valence electrons. The Balaban J connectivity index is 0.000000317. The van der Waals surface area contributed by atoms with E-state index in [1.165, 1.54) is 5.56 Å². The Bertz CT molecular complexity index is 1070. The van der Waals surface area contributed by atoms with E-state index < -0.39 is 24.3 Å². The third kappa shape index (κ3) is 9.81. The van der Waals surface area contributed by atoms with Gasteiger partial charge in [0.05, 0.1) is 5.69 Å². The van der Waals surface area contributed by atoms with E-state index in [-0.39, 0.29) is 5.54 Å². The number of likely N-dealkylation sites (tertiary alicyclic amines) is 2. The summed E-state index contributed by atoms with van der Waals surface area (Å²) in [6.07, 6.45) is -0.921. The molecule has 2 aliphatic rings. The molecule has 2 fully saturated rings. The monoisotopic (exact) mass is 564 g/mol. The maximum Gasteiger partial charge on any atom is 0.490 e. The number of carbonyl (C=O) groups is 3. The van der Waals surface area contributed by atoms with Crippen LogP contribution < -0.4 is 0 Å². The zero-order valence-electron chi connectivity index (χ0n) is 20.5. The third-order valence-electron chi connectivity index (χ3n) is 6.15. The van der Waals surface area contributed by atoms with Gasteiger partial charge in [0.25, 0.3) is 0 Å². The molecule has 4 rings (SSSR count). The maximum atomic E-state index is 12.5. The van der Waals surface area contributed by atoms with Gasteiger partial charge in [0.15, 0.2) is 0 Å². The second-order valence-corrected chi connectivity index (χ2v) is 8.76. The van der Waals surface area contributed by atoms with Crippen molar-refractivity contribution in [3.05, 3.63) is 60.2 Å². The fourth-order valence-electron chi connectivity index (χ4n) is 4.17. The first kappa shape index (κ1) is 31.5. The summed E-state index contributed by atoms with van der Waals surface area (Å²) in [5, 5.41) is 14.2. The molecule has 0 bridgehead atoms. The minimum absolute atomic E-state index is 0.0426. The van der Waals surface area contributed by atoms with Crippen LogP contribution in [-0.2, 0) is 27.5 Å². The van der Waals surface area contributed by atoms with Crippen LogP contribution in [0.25, 0.3) is 0 Å². The lowest BCUT2D eigenvalue weighted by atomic mass is 9.84. The van der Waals surface area contributed by atoms with Gasteiger partial charge in [-0.15, -0.1) is 0 Å². The molecule has 2 saturated heterocycles. The number of hydrogen-bond acceptors (Lipinski definition) is 6. The predicted octanol–water partition coefficient (Wildman–Crippen LogP) is 3.90. The highest BCUT2D eigenvalue weighted by Crippen LogP contribution is 2.40. The quantitative estimate of drug-likeness (QED) is 0.536. The van der Waals surface area contributed by atoms with Gasteiger partial charge in [-0.05, 0) is 49.1 Å². The number of carboxylic acid groups (broad SMARTS) is 2. The largest absolute Gasteiger partial charge is 0.490 e. The number of aromatic nitrogens is 2. The average Bonchev–Trinajstić information content (AvgIpc) is 3.16. The van der Waals surface area contributed by atoms with E-state index in [1.54, 1.807) is 12.4 Å². The molecule has 0 atom stereocenters. The zero-order chi connectivity index (χ0) is 29.3. The Morgan fingerprint density at radius 2 is 1.38 bits per heavy atom. The molecule has 1 spiro atoms. The van der Waals surface area contributed by atoms with E-state index in [0.717, 1.165) is 44.6 Å². The maximum absolute atomic E-state index is 12.5. The summed E-state index contributed by atoms with van der Waals surface area (Å²) in [6.45, 7) is 3.66. The third-order valence-corrected chi connectivity index (χ3v) is 6.15. The van der Waals surface area contributed by atoms with E-state index >= 15 is 0 Å². The molecule has 0 radical (unpaired) electrons. The normalized spacial score (nSPS) is 17.1. The molecule has 2 N–H and O–H groups in total. The lowest BCUT2D eigenvalue weighted by Crippen LogP contribution is -2.52. The predicted molar refractivity (Wildman–Crippen MR) is 123 cm³/mol. The van der Waals surface area contributed by atoms with Crippen molar-refractivity contribution < 1.29 is 50.9 Å². The van der Waals surface area contributed by atoms with Crippen molar-refractivity contribution in [1.82, 2.24) is 19.8 Å². The first-order valence-corrected chi connectivity index (χ1v) is 11.6. The van der Waals surface area contributed by atoms with Crippen molar-refractivity contribution in [3.63, 3.8) is 0 Å². The van der Waals surface area contributed by atoms with Crippen LogP contribution in [0.15, 0.2) is 48.9 Å². The molecule has 0 unspecified atom stereocenters. The van der Waals surface area contributed by atoms with Crippen LogP contribution >= 0.6 is 0 Å². The average molecular weight is 564 g/mol. The Morgan fingerprint density at radius 3 is 1.85 bits per heavy atom. The highest BCUT2D eigenvalue weighted by molar-refractivity contribution is 5.79. The number of hydrogen-bond donors (Lipinski definition) is 2. The van der Waals surface area contributed by atoms with Gasteiger partial charge in [0, 0.05) is 56.7 Å². The van der Waals surface area contributed by atoms with Crippen LogP contribution in [0.3, 0.4) is 0 Å². The summed E-state index contributed by atoms with van der Waals surface area (Å²) in [7, 11) is 0. The smallest absolute Gasteiger partial charge is 0.475 e. The standard InChI is InChI=1S/C20H24N4O.2C2HF3O2/c25-19-4-7-20(24(19)15-17-5-11-21-12-6-17)8-13-23(14-9-20)16-18-3-1-2-10-22-18;2*3-2(4,5)1(6)7/h1-3,5-6,10-12H,4,7-9,13-16H2;2*(H,6,7). The lowest BCUT2D eigenvalue weighted by molar-refractivity contribution is -0.193.